The van der Waals surface area contributed by atoms with Gasteiger partial charge in [-0.15, -0.1) is 0 Å². The van der Waals surface area contributed by atoms with Gasteiger partial charge in [-0.1, -0.05) is 43.1 Å². The molecule has 3 unspecified atom stereocenters. The summed E-state index contributed by atoms with van der Waals surface area (Å²) in [4.78, 5) is 12.1. The molecule has 0 aromatic heterocycles. The second-order valence-electron chi connectivity index (χ2n) is 5.30. The zero-order chi connectivity index (χ0) is 15.3. The Morgan fingerprint density at radius 3 is 2.50 bits per heavy atom. The Kier molecular flexibility index (Phi) is 6.80. The van der Waals surface area contributed by atoms with Crippen LogP contribution >= 0.6 is 23.2 Å². The van der Waals surface area contributed by atoms with Crippen LogP contribution in [-0.2, 0) is 11.2 Å². The van der Waals surface area contributed by atoms with Crippen molar-refractivity contribution in [2.24, 2.45) is 11.8 Å². The van der Waals surface area contributed by atoms with Gasteiger partial charge in [-0.3, -0.25) is 4.79 Å². The molecule has 2 N–H and O–H groups in total. The van der Waals surface area contributed by atoms with Gasteiger partial charge >= 0.3 is 0 Å². The number of nitrogens with one attached hydrogen (secondary N) is 1. The van der Waals surface area contributed by atoms with Crippen molar-refractivity contribution in [3.63, 3.8) is 0 Å². The minimum Gasteiger partial charge on any atom is -0.396 e. The molecule has 0 aliphatic heterocycles. The largest absolute Gasteiger partial charge is 0.396 e. The Morgan fingerprint density at radius 2 is 1.95 bits per heavy atom. The summed E-state index contributed by atoms with van der Waals surface area (Å²) in [7, 11) is 0. The third kappa shape index (κ3) is 4.97. The van der Waals surface area contributed by atoms with Crippen LogP contribution in [0.5, 0.6) is 0 Å². The predicted molar refractivity (Wildman–Crippen MR) is 83.2 cm³/mol. The highest BCUT2D eigenvalue weighted by Crippen LogP contribution is 2.23. The maximum Gasteiger partial charge on any atom is 0.223 e. The van der Waals surface area contributed by atoms with Gasteiger partial charge in [0.25, 0.3) is 0 Å². The van der Waals surface area contributed by atoms with Gasteiger partial charge < -0.3 is 10.4 Å². The van der Waals surface area contributed by atoms with Crippen LogP contribution < -0.4 is 5.32 Å². The van der Waals surface area contributed by atoms with Crippen molar-refractivity contribution in [3.05, 3.63) is 33.8 Å². The number of aliphatic hydroxyl groups is 1. The molecule has 3 atom stereocenters. The topological polar surface area (TPSA) is 49.3 Å². The third-order valence-corrected chi connectivity index (χ3v) is 4.09. The van der Waals surface area contributed by atoms with Crippen LogP contribution in [0.25, 0.3) is 0 Å². The van der Waals surface area contributed by atoms with Crippen molar-refractivity contribution in [2.75, 3.05) is 6.61 Å². The molecular formula is C15H21Cl2NO2. The van der Waals surface area contributed by atoms with Crippen LogP contribution in [0.1, 0.15) is 26.3 Å². The summed E-state index contributed by atoms with van der Waals surface area (Å²) in [5.41, 5.74) is 0.904. The van der Waals surface area contributed by atoms with Crippen LogP contribution in [0.3, 0.4) is 0 Å². The van der Waals surface area contributed by atoms with E-state index in [1.54, 1.807) is 12.1 Å². The van der Waals surface area contributed by atoms with Gasteiger partial charge in [0.15, 0.2) is 0 Å². The van der Waals surface area contributed by atoms with E-state index in [4.69, 9.17) is 28.3 Å². The first-order chi connectivity index (χ1) is 9.35. The zero-order valence-corrected chi connectivity index (χ0v) is 13.5. The van der Waals surface area contributed by atoms with Gasteiger partial charge in [-0.2, -0.15) is 0 Å². The Hall–Kier alpha value is -0.770. The third-order valence-electron chi connectivity index (χ3n) is 3.50. The molecule has 0 bridgehead atoms. The predicted octanol–water partition coefficient (Wildman–Crippen LogP) is 3.31. The molecule has 1 aromatic rings. The van der Waals surface area contributed by atoms with Crippen molar-refractivity contribution in [3.8, 4) is 0 Å². The molecule has 3 nitrogen and oxygen atoms in total. The molecule has 0 radical (unpaired) electrons. The molecule has 0 aliphatic rings. The number of benzene rings is 1. The van der Waals surface area contributed by atoms with Gasteiger partial charge in [0.1, 0.15) is 0 Å². The molecule has 0 fully saturated rings. The first-order valence-electron chi connectivity index (χ1n) is 6.70. The van der Waals surface area contributed by atoms with Crippen LogP contribution in [-0.4, -0.2) is 23.7 Å². The van der Waals surface area contributed by atoms with E-state index >= 15 is 0 Å². The molecular weight excluding hydrogens is 297 g/mol. The summed E-state index contributed by atoms with van der Waals surface area (Å²) >= 11 is 12.0. The first kappa shape index (κ1) is 17.3. The highest BCUT2D eigenvalue weighted by molar-refractivity contribution is 6.35. The SMILES string of the molecule is CC(Cc1ccc(Cl)cc1Cl)C(=O)NC(C)C(C)CO. The van der Waals surface area contributed by atoms with Gasteiger partial charge in [0.2, 0.25) is 5.91 Å². The Morgan fingerprint density at radius 1 is 1.30 bits per heavy atom. The van der Waals surface area contributed by atoms with Gasteiger partial charge in [0, 0.05) is 28.6 Å². The van der Waals surface area contributed by atoms with E-state index in [0.29, 0.717) is 16.5 Å². The number of aliphatic hydroxyl groups excluding tert-OH is 1. The molecule has 0 saturated heterocycles. The van der Waals surface area contributed by atoms with Gasteiger partial charge in [-0.05, 0) is 37.0 Å². The van der Waals surface area contributed by atoms with E-state index in [9.17, 15) is 4.79 Å². The number of rotatable bonds is 6. The molecule has 1 amide bonds. The Balaban J connectivity index is 2.61. The molecule has 0 saturated carbocycles. The normalized spacial score (nSPS) is 15.5. The maximum absolute atomic E-state index is 12.1. The lowest BCUT2D eigenvalue weighted by atomic mass is 9.98. The Labute approximate surface area is 130 Å². The molecule has 20 heavy (non-hydrogen) atoms. The van der Waals surface area contributed by atoms with Crippen molar-refractivity contribution in [1.82, 2.24) is 5.32 Å². The zero-order valence-electron chi connectivity index (χ0n) is 12.0. The molecule has 0 aliphatic carbocycles. The summed E-state index contributed by atoms with van der Waals surface area (Å²) in [6.45, 7) is 5.70. The standard InChI is InChI=1S/C15H21Cl2NO2/c1-9(15(20)18-11(3)10(2)8-19)6-12-4-5-13(16)7-14(12)17/h4-5,7,9-11,19H,6,8H2,1-3H3,(H,18,20). The van der Waals surface area contributed by atoms with E-state index in [1.807, 2.05) is 26.8 Å². The minimum atomic E-state index is -0.193. The molecule has 0 heterocycles. The minimum absolute atomic E-state index is 0.0327. The number of hydrogen-bond donors (Lipinski definition) is 2. The molecule has 112 valence electrons. The lowest BCUT2D eigenvalue weighted by Crippen LogP contribution is -2.41. The summed E-state index contributed by atoms with van der Waals surface area (Å²) < 4.78 is 0. The summed E-state index contributed by atoms with van der Waals surface area (Å²) in [6, 6.07) is 5.23. The quantitative estimate of drug-likeness (QED) is 0.845. The van der Waals surface area contributed by atoms with Crippen LogP contribution in [0.15, 0.2) is 18.2 Å². The van der Waals surface area contributed by atoms with Crippen molar-refractivity contribution in [1.29, 1.82) is 0 Å². The average Bonchev–Trinajstić information content (AvgIpc) is 2.40. The van der Waals surface area contributed by atoms with Crippen LogP contribution in [0.4, 0.5) is 0 Å². The average molecular weight is 318 g/mol. The van der Waals surface area contributed by atoms with E-state index in [2.05, 4.69) is 5.32 Å². The highest BCUT2D eigenvalue weighted by atomic mass is 35.5. The second-order valence-corrected chi connectivity index (χ2v) is 6.14. The Bertz CT molecular complexity index is 465. The number of halogens is 2. The van der Waals surface area contributed by atoms with Crippen molar-refractivity contribution >= 4 is 29.1 Å². The van der Waals surface area contributed by atoms with E-state index in [0.717, 1.165) is 5.56 Å². The molecule has 5 heteroatoms. The number of hydrogen-bond acceptors (Lipinski definition) is 2. The van der Waals surface area contributed by atoms with E-state index in [-0.39, 0.29) is 30.4 Å². The fraction of sp³-hybridized carbons (Fsp3) is 0.533. The number of carbonyl (C=O) groups is 1. The summed E-state index contributed by atoms with van der Waals surface area (Å²) in [5, 5.41) is 13.1. The molecule has 0 spiro atoms. The lowest BCUT2D eigenvalue weighted by molar-refractivity contribution is -0.125. The van der Waals surface area contributed by atoms with Crippen LogP contribution in [0.2, 0.25) is 10.0 Å². The van der Waals surface area contributed by atoms with Gasteiger partial charge in [0.05, 0.1) is 0 Å². The smallest absolute Gasteiger partial charge is 0.223 e. The maximum atomic E-state index is 12.1. The highest BCUT2D eigenvalue weighted by Gasteiger charge is 2.19. The fourth-order valence-corrected chi connectivity index (χ4v) is 2.26. The monoisotopic (exact) mass is 317 g/mol. The van der Waals surface area contributed by atoms with Gasteiger partial charge in [-0.25, -0.2) is 0 Å². The summed E-state index contributed by atoms with van der Waals surface area (Å²) in [6.07, 6.45) is 0.558. The first-order valence-corrected chi connectivity index (χ1v) is 7.46. The fourth-order valence-electron chi connectivity index (χ4n) is 1.78. The number of amides is 1. The summed E-state index contributed by atoms with van der Waals surface area (Å²) in [5.74, 6) is -0.198. The van der Waals surface area contributed by atoms with Crippen molar-refractivity contribution in [2.45, 2.75) is 33.2 Å². The lowest BCUT2D eigenvalue weighted by Gasteiger charge is -2.22. The van der Waals surface area contributed by atoms with E-state index in [1.165, 1.54) is 0 Å². The van der Waals surface area contributed by atoms with Crippen molar-refractivity contribution < 1.29 is 9.90 Å². The van der Waals surface area contributed by atoms with E-state index < -0.39 is 0 Å². The molecule has 1 aromatic carbocycles. The number of carbonyl (C=O) groups excluding carboxylic acids is 1. The molecule has 1 rings (SSSR count). The van der Waals surface area contributed by atoms with Crippen LogP contribution in [0, 0.1) is 11.8 Å². The second kappa shape index (κ2) is 7.87.